The Morgan fingerprint density at radius 1 is 0.420 bits per heavy atom. The minimum atomic E-state index is -1.02. The van der Waals surface area contributed by atoms with Crippen LogP contribution in [0.4, 0.5) is 0 Å². The van der Waals surface area contributed by atoms with Gasteiger partial charge in [-0.15, -0.1) is 0 Å². The Kier molecular flexibility index (Phi) is 30.3. The summed E-state index contributed by atoms with van der Waals surface area (Å²) in [6.45, 7) is 3.46. The summed E-state index contributed by atoms with van der Waals surface area (Å²) in [6, 6.07) is -3.84. The van der Waals surface area contributed by atoms with Gasteiger partial charge in [0, 0.05) is 6.42 Å². The topological polar surface area (TPSA) is 264 Å². The van der Waals surface area contributed by atoms with Crippen LogP contribution in [0.5, 0.6) is 0 Å². The fourth-order valence-electron chi connectivity index (χ4n) is 5.77. The normalized spacial score (nSPS) is 13.5. The molecule has 14 nitrogen and oxygen atoms in total. The molecule has 4 atom stereocenters. The summed E-state index contributed by atoms with van der Waals surface area (Å²) < 4.78 is 0. The van der Waals surface area contributed by atoms with Crippen LogP contribution in [-0.4, -0.2) is 79.9 Å². The Morgan fingerprint density at radius 2 is 0.720 bits per heavy atom. The lowest BCUT2D eigenvalue weighted by Crippen LogP contribution is -2.58. The number of nitrogens with two attached hydrogens (primary N) is 5. The van der Waals surface area contributed by atoms with Gasteiger partial charge in [0.05, 0.1) is 0 Å². The van der Waals surface area contributed by atoms with Gasteiger partial charge in [-0.1, -0.05) is 84.0 Å². The number of nitrogens with one attached hydrogen (secondary N) is 4. The maximum Gasteiger partial charge on any atom is 0.243 e. The van der Waals surface area contributed by atoms with Crippen LogP contribution in [0.3, 0.4) is 0 Å². The Balaban J connectivity index is 5.10. The zero-order valence-corrected chi connectivity index (χ0v) is 31.1. The Morgan fingerprint density at radius 3 is 1.06 bits per heavy atom. The minimum Gasteiger partial charge on any atom is -0.368 e. The fourth-order valence-corrected chi connectivity index (χ4v) is 5.77. The average Bonchev–Trinajstić information content (AvgIpc) is 3.09. The van der Waals surface area contributed by atoms with Crippen molar-refractivity contribution in [1.29, 1.82) is 0 Å². The number of rotatable bonds is 34. The third-order valence-corrected chi connectivity index (χ3v) is 8.87. The first kappa shape index (κ1) is 47.2. The number of carbonyl (C=O) groups is 5. The van der Waals surface area contributed by atoms with Gasteiger partial charge in [-0.3, -0.25) is 24.0 Å². The summed E-state index contributed by atoms with van der Waals surface area (Å²) in [5, 5.41) is 10.9. The SMILES string of the molecule is CCCCCCCCCCCCCCCC(=O)N[C@@H](CCCN)C(=O)N[C@@H](CCCN)C(=O)N[C@@H](CCCN)C(=O)N[C@@H](CCCN)C(N)=O. The van der Waals surface area contributed by atoms with Crippen LogP contribution in [0.1, 0.15) is 148 Å². The number of unbranched alkanes of at least 4 members (excludes halogenated alkanes) is 12. The van der Waals surface area contributed by atoms with Crippen molar-refractivity contribution in [3.05, 3.63) is 0 Å². The Labute approximate surface area is 301 Å². The van der Waals surface area contributed by atoms with E-state index < -0.39 is 47.8 Å². The van der Waals surface area contributed by atoms with Crippen LogP contribution < -0.4 is 49.9 Å². The predicted molar refractivity (Wildman–Crippen MR) is 200 cm³/mol. The Bertz CT molecular complexity index is 924. The maximum atomic E-state index is 13.5. The smallest absolute Gasteiger partial charge is 0.243 e. The number of carbonyl (C=O) groups excluding carboxylic acids is 5. The highest BCUT2D eigenvalue weighted by Crippen LogP contribution is 2.13. The van der Waals surface area contributed by atoms with Gasteiger partial charge in [0.2, 0.25) is 29.5 Å². The third kappa shape index (κ3) is 24.4. The molecule has 0 spiro atoms. The van der Waals surface area contributed by atoms with E-state index in [0.29, 0.717) is 51.6 Å². The first-order valence-corrected chi connectivity index (χ1v) is 19.4. The molecule has 0 aromatic carbocycles. The minimum absolute atomic E-state index is 0.211. The van der Waals surface area contributed by atoms with E-state index >= 15 is 0 Å². The molecule has 50 heavy (non-hydrogen) atoms. The van der Waals surface area contributed by atoms with Crippen molar-refractivity contribution in [3.8, 4) is 0 Å². The summed E-state index contributed by atoms with van der Waals surface area (Å²) >= 11 is 0. The maximum absolute atomic E-state index is 13.5. The summed E-state index contributed by atoms with van der Waals surface area (Å²) in [6.07, 6.45) is 18.9. The second-order valence-corrected chi connectivity index (χ2v) is 13.4. The van der Waals surface area contributed by atoms with E-state index in [0.717, 1.165) is 19.3 Å². The van der Waals surface area contributed by atoms with Crippen molar-refractivity contribution in [2.45, 2.75) is 172 Å². The highest BCUT2D eigenvalue weighted by atomic mass is 16.2. The second kappa shape index (κ2) is 32.1. The molecule has 14 heteroatoms. The van der Waals surface area contributed by atoms with E-state index in [4.69, 9.17) is 28.7 Å². The molecule has 0 fully saturated rings. The molecular weight excluding hydrogens is 638 g/mol. The molecule has 0 saturated carbocycles. The van der Waals surface area contributed by atoms with Gasteiger partial charge in [-0.2, -0.15) is 0 Å². The zero-order chi connectivity index (χ0) is 37.4. The van der Waals surface area contributed by atoms with E-state index in [1.54, 1.807) is 0 Å². The van der Waals surface area contributed by atoms with E-state index in [1.165, 1.54) is 64.2 Å². The van der Waals surface area contributed by atoms with Gasteiger partial charge in [-0.25, -0.2) is 0 Å². The lowest BCUT2D eigenvalue weighted by molar-refractivity contribution is -0.134. The first-order chi connectivity index (χ1) is 24.1. The summed E-state index contributed by atoms with van der Waals surface area (Å²) in [5.74, 6) is -2.60. The number of hydrogen-bond acceptors (Lipinski definition) is 9. The number of amides is 5. The van der Waals surface area contributed by atoms with Crippen molar-refractivity contribution in [2.75, 3.05) is 26.2 Å². The highest BCUT2D eigenvalue weighted by Gasteiger charge is 2.30. The zero-order valence-electron chi connectivity index (χ0n) is 31.1. The molecule has 14 N–H and O–H groups in total. The van der Waals surface area contributed by atoms with Gasteiger partial charge in [0.1, 0.15) is 24.2 Å². The standard InChI is InChI=1S/C36H73N9O5/c1-2-3-4-5-6-7-8-9-10-11-12-13-14-23-32(46)42-29(20-16-25-38)34(48)44-31(22-18-27-40)36(50)45-30(21-17-26-39)35(49)43-28(33(41)47)19-15-24-37/h28-31H,2-27,37-40H2,1H3,(H2,41,47)(H,42,46)(H,43,49)(H,44,48)(H,45,50)/t28-,29-,30-,31-/m0/s1. The molecule has 0 heterocycles. The van der Waals surface area contributed by atoms with Crippen LogP contribution in [0.2, 0.25) is 0 Å². The average molecular weight is 712 g/mol. The van der Waals surface area contributed by atoms with Crippen LogP contribution in [0.15, 0.2) is 0 Å². The van der Waals surface area contributed by atoms with Crippen LogP contribution in [0, 0.1) is 0 Å². The Hall–Kier alpha value is -2.81. The van der Waals surface area contributed by atoms with Crippen molar-refractivity contribution in [2.24, 2.45) is 28.7 Å². The second-order valence-electron chi connectivity index (χ2n) is 13.4. The van der Waals surface area contributed by atoms with Gasteiger partial charge in [0.25, 0.3) is 0 Å². The predicted octanol–water partition coefficient (Wildman–Crippen LogP) is 1.85. The monoisotopic (exact) mass is 712 g/mol. The van der Waals surface area contributed by atoms with Crippen LogP contribution >= 0.6 is 0 Å². The number of primary amides is 1. The highest BCUT2D eigenvalue weighted by molar-refractivity contribution is 5.95. The van der Waals surface area contributed by atoms with Gasteiger partial charge in [-0.05, 0) is 84.0 Å². The number of hydrogen-bond donors (Lipinski definition) is 9. The van der Waals surface area contributed by atoms with E-state index in [2.05, 4.69) is 28.2 Å². The third-order valence-electron chi connectivity index (χ3n) is 8.87. The molecule has 0 rings (SSSR count). The van der Waals surface area contributed by atoms with Crippen molar-refractivity contribution >= 4 is 29.5 Å². The quantitative estimate of drug-likeness (QED) is 0.0440. The van der Waals surface area contributed by atoms with Gasteiger partial charge >= 0.3 is 0 Å². The van der Waals surface area contributed by atoms with Crippen LogP contribution in [0.25, 0.3) is 0 Å². The lowest BCUT2D eigenvalue weighted by atomic mass is 10.0. The molecule has 0 aliphatic rings. The van der Waals surface area contributed by atoms with Gasteiger partial charge < -0.3 is 49.9 Å². The van der Waals surface area contributed by atoms with E-state index in [-0.39, 0.29) is 38.3 Å². The summed E-state index contributed by atoms with van der Waals surface area (Å²) in [7, 11) is 0. The molecule has 0 radical (unpaired) electrons. The molecule has 0 aromatic rings. The fraction of sp³-hybridized carbons (Fsp3) is 0.861. The van der Waals surface area contributed by atoms with Crippen molar-refractivity contribution in [3.63, 3.8) is 0 Å². The first-order valence-electron chi connectivity index (χ1n) is 19.4. The van der Waals surface area contributed by atoms with E-state index in [1.807, 2.05) is 0 Å². The van der Waals surface area contributed by atoms with E-state index in [9.17, 15) is 24.0 Å². The van der Waals surface area contributed by atoms with Crippen LogP contribution in [-0.2, 0) is 24.0 Å². The summed E-state index contributed by atoms with van der Waals surface area (Å²) in [4.78, 5) is 64.7. The molecule has 5 amide bonds. The summed E-state index contributed by atoms with van der Waals surface area (Å²) in [5.41, 5.74) is 28.1. The van der Waals surface area contributed by atoms with Crippen molar-refractivity contribution in [1.82, 2.24) is 21.3 Å². The van der Waals surface area contributed by atoms with Crippen molar-refractivity contribution < 1.29 is 24.0 Å². The molecule has 292 valence electrons. The largest absolute Gasteiger partial charge is 0.368 e. The van der Waals surface area contributed by atoms with Gasteiger partial charge in [0.15, 0.2) is 0 Å². The molecule has 0 aliphatic carbocycles. The molecule has 0 bridgehead atoms. The molecule has 0 unspecified atom stereocenters. The molecule has 0 saturated heterocycles. The lowest BCUT2D eigenvalue weighted by Gasteiger charge is -2.26. The molecule has 0 aliphatic heterocycles. The molecular formula is C36H73N9O5. The molecule has 0 aromatic heterocycles.